The summed E-state index contributed by atoms with van der Waals surface area (Å²) in [4.78, 5) is 8.29. The molecule has 0 amide bonds. The maximum Gasteiger partial charge on any atom is 0.494 e. The molecule has 6 aromatic carbocycles. The van der Waals surface area contributed by atoms with Gasteiger partial charge in [-0.1, -0.05) is 109 Å². The second kappa shape index (κ2) is 17.4. The van der Waals surface area contributed by atoms with Gasteiger partial charge in [-0.3, -0.25) is 0 Å². The summed E-state index contributed by atoms with van der Waals surface area (Å²) in [7, 11) is -0.363. The van der Waals surface area contributed by atoms with Crippen molar-refractivity contribution in [1.82, 2.24) is 19.1 Å². The average Bonchev–Trinajstić information content (AvgIpc) is 3.92. The van der Waals surface area contributed by atoms with E-state index in [9.17, 15) is 0 Å². The normalized spacial score (nSPS) is 13.8. The standard InChI is InChI=1S/C24H24BNO2.C24H15N3.C6H3BrN2/c1-23(2)24(3,4)28-25(27-23)17-10-9-11-18(16-17)26-21-14-7-5-12-19(21)20-13-6-8-15-22(20)26;25-16-18-8-6-12-22(26-18)17-7-5-9-19(15-17)27-23-13-3-1-10-20(23)21-11-2-4-14-24(21)27;7-6-3-1-2-5(4-8)9-6/h5-16H,1-4H3;1-15H;1-3H. The lowest BCUT2D eigenvalue weighted by Crippen LogP contribution is -2.41. The Morgan fingerprint density at radius 1 is 0.484 bits per heavy atom. The Morgan fingerprint density at radius 3 is 1.38 bits per heavy atom. The smallest absolute Gasteiger partial charge is 0.399 e. The highest BCUT2D eigenvalue weighted by molar-refractivity contribution is 9.10. The van der Waals surface area contributed by atoms with E-state index < -0.39 is 0 Å². The van der Waals surface area contributed by atoms with Gasteiger partial charge in [0.2, 0.25) is 0 Å². The molecule has 0 unspecified atom stereocenters. The number of hydrogen-bond donors (Lipinski definition) is 0. The summed E-state index contributed by atoms with van der Waals surface area (Å²) < 4.78 is 17.8. The summed E-state index contributed by atoms with van der Waals surface area (Å²) in [6.07, 6.45) is 0. The van der Waals surface area contributed by atoms with Crippen molar-refractivity contribution in [3.05, 3.63) is 198 Å². The highest BCUT2D eigenvalue weighted by Crippen LogP contribution is 2.37. The fourth-order valence-electron chi connectivity index (χ4n) is 8.12. The van der Waals surface area contributed by atoms with Gasteiger partial charge in [0.25, 0.3) is 0 Å². The Bertz CT molecular complexity index is 3310. The Balaban J connectivity index is 0.000000136. The van der Waals surface area contributed by atoms with Crippen LogP contribution in [-0.2, 0) is 9.31 Å². The molecule has 10 heteroatoms. The Kier molecular flexibility index (Phi) is 11.4. The number of pyridine rings is 2. The molecular formula is C54H42BBrN6O2. The first kappa shape index (κ1) is 42.0. The predicted molar refractivity (Wildman–Crippen MR) is 262 cm³/mol. The first-order valence-corrected chi connectivity index (χ1v) is 21.8. The summed E-state index contributed by atoms with van der Waals surface area (Å²) in [5.74, 6) is 0. The maximum atomic E-state index is 9.13. The topological polar surface area (TPSA) is 102 Å². The lowest BCUT2D eigenvalue weighted by molar-refractivity contribution is 0.00578. The molecule has 0 saturated carbocycles. The van der Waals surface area contributed by atoms with Crippen LogP contribution in [-0.4, -0.2) is 37.4 Å². The molecule has 10 aromatic rings. The molecule has 1 aliphatic rings. The third kappa shape index (κ3) is 8.07. The number of halogens is 1. The van der Waals surface area contributed by atoms with Crippen molar-refractivity contribution in [2.45, 2.75) is 38.9 Å². The average molecular weight is 898 g/mol. The minimum absolute atomic E-state index is 0.347. The molecule has 0 bridgehead atoms. The van der Waals surface area contributed by atoms with Crippen molar-refractivity contribution in [3.8, 4) is 34.8 Å². The third-order valence-electron chi connectivity index (χ3n) is 11.9. The monoisotopic (exact) mass is 896 g/mol. The van der Waals surface area contributed by atoms with Gasteiger partial charge in [0.15, 0.2) is 0 Å². The van der Waals surface area contributed by atoms with E-state index in [1.165, 1.54) is 43.6 Å². The Hall–Kier alpha value is -7.34. The second-order valence-corrected chi connectivity index (χ2v) is 17.3. The number of para-hydroxylation sites is 4. The highest BCUT2D eigenvalue weighted by atomic mass is 79.9. The van der Waals surface area contributed by atoms with E-state index >= 15 is 0 Å². The maximum absolute atomic E-state index is 9.13. The lowest BCUT2D eigenvalue weighted by atomic mass is 9.79. The van der Waals surface area contributed by atoms with Crippen LogP contribution in [0.15, 0.2) is 187 Å². The van der Waals surface area contributed by atoms with E-state index in [4.69, 9.17) is 19.8 Å². The first-order valence-electron chi connectivity index (χ1n) is 21.0. The van der Waals surface area contributed by atoms with Crippen LogP contribution in [0.3, 0.4) is 0 Å². The molecule has 64 heavy (non-hydrogen) atoms. The van der Waals surface area contributed by atoms with Crippen LogP contribution in [0.4, 0.5) is 0 Å². The summed E-state index contributed by atoms with van der Waals surface area (Å²) in [5, 5.41) is 22.5. The second-order valence-electron chi connectivity index (χ2n) is 16.5. The van der Waals surface area contributed by atoms with Crippen LogP contribution in [0, 0.1) is 22.7 Å². The number of benzene rings is 6. The molecule has 1 fully saturated rings. The van der Waals surface area contributed by atoms with Crippen LogP contribution in [0.25, 0.3) is 66.2 Å². The fourth-order valence-corrected chi connectivity index (χ4v) is 8.47. The van der Waals surface area contributed by atoms with E-state index in [1.807, 2.05) is 30.3 Å². The van der Waals surface area contributed by atoms with Gasteiger partial charge < -0.3 is 18.4 Å². The van der Waals surface area contributed by atoms with Gasteiger partial charge in [-0.25, -0.2) is 9.97 Å². The molecular weight excluding hydrogens is 855 g/mol. The van der Waals surface area contributed by atoms with Crippen molar-refractivity contribution >= 4 is 72.1 Å². The van der Waals surface area contributed by atoms with Crippen molar-refractivity contribution in [2.75, 3.05) is 0 Å². The van der Waals surface area contributed by atoms with Crippen LogP contribution in [0.2, 0.25) is 0 Å². The summed E-state index contributed by atoms with van der Waals surface area (Å²) >= 11 is 3.14. The number of hydrogen-bond acceptors (Lipinski definition) is 6. The third-order valence-corrected chi connectivity index (χ3v) is 12.3. The van der Waals surface area contributed by atoms with Crippen molar-refractivity contribution in [1.29, 1.82) is 10.5 Å². The van der Waals surface area contributed by atoms with Crippen molar-refractivity contribution < 1.29 is 9.31 Å². The Labute approximate surface area is 380 Å². The number of fused-ring (bicyclic) bond motifs is 6. The molecule has 310 valence electrons. The minimum atomic E-state index is -0.363. The highest BCUT2D eigenvalue weighted by Gasteiger charge is 2.51. The largest absolute Gasteiger partial charge is 0.494 e. The number of aromatic nitrogens is 4. The molecule has 0 radical (unpaired) electrons. The minimum Gasteiger partial charge on any atom is -0.399 e. The zero-order chi connectivity index (χ0) is 44.4. The predicted octanol–water partition coefficient (Wildman–Crippen LogP) is 12.5. The molecule has 0 spiro atoms. The van der Waals surface area contributed by atoms with Gasteiger partial charge in [0, 0.05) is 38.5 Å². The number of rotatable bonds is 4. The van der Waals surface area contributed by atoms with Gasteiger partial charge >= 0.3 is 7.12 Å². The number of nitrogens with zero attached hydrogens (tertiary/aromatic N) is 6. The molecule has 11 rings (SSSR count). The van der Waals surface area contributed by atoms with Gasteiger partial charge in [-0.15, -0.1) is 0 Å². The molecule has 0 N–H and O–H groups in total. The van der Waals surface area contributed by atoms with E-state index in [0.29, 0.717) is 16.0 Å². The fraction of sp³-hybridized carbons (Fsp3) is 0.111. The zero-order valence-electron chi connectivity index (χ0n) is 35.8. The Morgan fingerprint density at radius 2 is 0.906 bits per heavy atom. The molecule has 4 aromatic heterocycles. The van der Waals surface area contributed by atoms with Crippen molar-refractivity contribution in [2.24, 2.45) is 0 Å². The lowest BCUT2D eigenvalue weighted by Gasteiger charge is -2.32. The van der Waals surface area contributed by atoms with Crippen LogP contribution in [0.1, 0.15) is 39.1 Å². The van der Waals surface area contributed by atoms with Gasteiger partial charge in [0.05, 0.1) is 39.0 Å². The molecule has 1 aliphatic heterocycles. The molecule has 0 aliphatic carbocycles. The van der Waals surface area contributed by atoms with Gasteiger partial charge in [-0.05, 0) is 122 Å². The van der Waals surface area contributed by atoms with Gasteiger partial charge in [-0.2, -0.15) is 10.5 Å². The quantitative estimate of drug-likeness (QED) is 0.129. The summed E-state index contributed by atoms with van der Waals surface area (Å²) in [6.45, 7) is 8.35. The van der Waals surface area contributed by atoms with E-state index in [1.54, 1.807) is 24.3 Å². The van der Waals surface area contributed by atoms with Gasteiger partial charge in [0.1, 0.15) is 28.1 Å². The molecule has 0 atom stereocenters. The van der Waals surface area contributed by atoms with Crippen LogP contribution < -0.4 is 5.46 Å². The number of nitriles is 2. The van der Waals surface area contributed by atoms with Crippen LogP contribution in [0.5, 0.6) is 0 Å². The molecule has 8 nitrogen and oxygen atoms in total. The summed E-state index contributed by atoms with van der Waals surface area (Å²) in [5.41, 5.74) is 9.95. The SMILES string of the molecule is CC1(C)OB(c2cccc(-n3c4ccccc4c4ccccc43)c2)OC1(C)C.N#Cc1cccc(-c2cccc(-n3c4ccccc4c4ccccc43)c2)n1.N#Cc1cccc(Br)n1. The van der Waals surface area contributed by atoms with E-state index in [-0.39, 0.29) is 18.3 Å². The summed E-state index contributed by atoms with van der Waals surface area (Å²) in [6, 6.07) is 65.6. The zero-order valence-corrected chi connectivity index (χ0v) is 37.4. The van der Waals surface area contributed by atoms with Crippen LogP contribution >= 0.6 is 15.9 Å². The van der Waals surface area contributed by atoms with E-state index in [2.05, 4.69) is 202 Å². The first-order chi connectivity index (χ1) is 31.0. The van der Waals surface area contributed by atoms with E-state index in [0.717, 1.165) is 28.1 Å². The molecule has 5 heterocycles. The van der Waals surface area contributed by atoms with Crippen molar-refractivity contribution in [3.63, 3.8) is 0 Å². The molecule has 1 saturated heterocycles.